The number of benzene rings is 11. The van der Waals surface area contributed by atoms with Crippen LogP contribution in [0.1, 0.15) is 102 Å². The van der Waals surface area contributed by atoms with Gasteiger partial charge < -0.3 is 18.6 Å². The van der Waals surface area contributed by atoms with E-state index in [9.17, 15) is 0 Å². The van der Waals surface area contributed by atoms with Crippen molar-refractivity contribution in [1.82, 2.24) is 0 Å². The summed E-state index contributed by atoms with van der Waals surface area (Å²) in [5.74, 6) is 0.453. The van der Waals surface area contributed by atoms with Gasteiger partial charge in [-0.15, -0.1) is 0 Å². The molecule has 88 heavy (non-hydrogen) atoms. The molecule has 4 nitrogen and oxygen atoms in total. The Morgan fingerprint density at radius 3 is 1.55 bits per heavy atom. The van der Waals surface area contributed by atoms with E-state index in [4.69, 9.17) is 8.83 Å². The maximum atomic E-state index is 7.69. The third-order valence-corrected chi connectivity index (χ3v) is 19.7. The minimum Gasteiger partial charge on any atom is -0.455 e. The SMILES string of the molecule is Cc1ccc(-c2cc(N(c3ccc(C(C)C)cc3)c3cc4c(c5c3oc3ccccc35)-c3c(cc(N(c5ccc(C(C)(C)C)cc5)c5ccc(C)c(-c6ccc(C)cc6)c5)c5c3oc3ccccc35)C43c4ccccc4C4C=CC=CC43)ccc2C)cc1. The second-order valence-electron chi connectivity index (χ2n) is 26.4. The van der Waals surface area contributed by atoms with E-state index < -0.39 is 5.41 Å². The number of fused-ring (bicyclic) bond motifs is 18. The molecule has 2 heterocycles. The van der Waals surface area contributed by atoms with Gasteiger partial charge in [-0.2, -0.15) is 0 Å². The minimum absolute atomic E-state index is 0.00799. The number of hydrogen-bond donors (Lipinski definition) is 0. The average molecular weight is 1140 g/mol. The average Bonchev–Trinajstić information content (AvgIpc) is 1.50. The zero-order chi connectivity index (χ0) is 59.9. The lowest BCUT2D eigenvalue weighted by Crippen LogP contribution is -2.33. The van der Waals surface area contributed by atoms with E-state index in [1.165, 1.54) is 77.9 Å². The van der Waals surface area contributed by atoms with Gasteiger partial charge in [0, 0.05) is 61.9 Å². The summed E-state index contributed by atoms with van der Waals surface area (Å²) in [6.07, 6.45) is 9.52. The highest BCUT2D eigenvalue weighted by atomic mass is 16.3. The Labute approximate surface area is 516 Å². The predicted molar refractivity (Wildman–Crippen MR) is 369 cm³/mol. The summed E-state index contributed by atoms with van der Waals surface area (Å²) in [6.45, 7) is 20.2. The van der Waals surface area contributed by atoms with Crippen LogP contribution in [-0.2, 0) is 10.8 Å². The van der Waals surface area contributed by atoms with Crippen LogP contribution in [0.3, 0.4) is 0 Å². The van der Waals surface area contributed by atoms with Crippen LogP contribution in [-0.4, -0.2) is 0 Å². The number of para-hydroxylation sites is 2. The lowest BCUT2D eigenvalue weighted by molar-refractivity contribution is 0.466. The van der Waals surface area contributed by atoms with Gasteiger partial charge in [0.05, 0.1) is 22.2 Å². The molecule has 4 heteroatoms. The fourth-order valence-corrected chi connectivity index (χ4v) is 15.2. The van der Waals surface area contributed by atoms with Crippen molar-refractivity contribution in [1.29, 1.82) is 0 Å². The number of nitrogens with zero attached hydrogens (tertiary/aromatic N) is 2. The molecule has 3 unspecified atom stereocenters. The Bertz CT molecular complexity index is 5020. The molecule has 13 aromatic rings. The highest BCUT2D eigenvalue weighted by Crippen LogP contribution is 2.70. The molecule has 0 N–H and O–H groups in total. The molecular weight excluding hydrogens is 1070 g/mol. The normalized spacial score (nSPS) is 16.5. The van der Waals surface area contributed by atoms with Crippen molar-refractivity contribution in [2.45, 2.75) is 85.0 Å². The first kappa shape index (κ1) is 53.6. The van der Waals surface area contributed by atoms with E-state index in [2.05, 4.69) is 315 Å². The first-order valence-electron chi connectivity index (χ1n) is 31.3. The van der Waals surface area contributed by atoms with Crippen LogP contribution in [0.5, 0.6) is 0 Å². The summed E-state index contributed by atoms with van der Waals surface area (Å²) < 4.78 is 15.2. The van der Waals surface area contributed by atoms with Crippen LogP contribution in [0.2, 0.25) is 0 Å². The third kappa shape index (κ3) is 8.11. The molecule has 3 atom stereocenters. The second-order valence-corrected chi connectivity index (χ2v) is 26.4. The van der Waals surface area contributed by atoms with E-state index in [0.29, 0.717) is 5.92 Å². The number of furan rings is 2. The Hall–Kier alpha value is -9.90. The molecular formula is C84H70N2O2. The summed E-state index contributed by atoms with van der Waals surface area (Å²) in [4.78, 5) is 5.01. The van der Waals surface area contributed by atoms with Crippen molar-refractivity contribution in [2.75, 3.05) is 9.80 Å². The van der Waals surface area contributed by atoms with Gasteiger partial charge >= 0.3 is 0 Å². The fraction of sp³-hybridized carbons (Fsp3) is 0.167. The molecule has 3 aliphatic carbocycles. The van der Waals surface area contributed by atoms with Crippen LogP contribution in [0.15, 0.2) is 252 Å². The molecule has 428 valence electrons. The summed E-state index contributed by atoms with van der Waals surface area (Å²) in [7, 11) is 0. The van der Waals surface area contributed by atoms with Crippen molar-refractivity contribution in [3.63, 3.8) is 0 Å². The molecule has 11 aromatic carbocycles. The van der Waals surface area contributed by atoms with Gasteiger partial charge in [0.25, 0.3) is 0 Å². The number of hydrogen-bond acceptors (Lipinski definition) is 4. The maximum Gasteiger partial charge on any atom is 0.160 e. The molecule has 3 aliphatic rings. The lowest BCUT2D eigenvalue weighted by Gasteiger charge is -2.37. The molecule has 0 radical (unpaired) electrons. The highest BCUT2D eigenvalue weighted by molar-refractivity contribution is 6.26. The molecule has 0 bridgehead atoms. The maximum absolute atomic E-state index is 7.69. The Kier molecular flexibility index (Phi) is 12.2. The fourth-order valence-electron chi connectivity index (χ4n) is 15.2. The number of allylic oxidation sites excluding steroid dienone is 4. The third-order valence-electron chi connectivity index (χ3n) is 19.7. The van der Waals surface area contributed by atoms with Crippen LogP contribution in [0.4, 0.5) is 34.1 Å². The first-order chi connectivity index (χ1) is 42.7. The van der Waals surface area contributed by atoms with E-state index >= 15 is 0 Å². The molecule has 16 rings (SSSR count). The number of aryl methyl sites for hydroxylation is 4. The smallest absolute Gasteiger partial charge is 0.160 e. The Morgan fingerprint density at radius 1 is 0.443 bits per heavy atom. The molecule has 0 aliphatic heterocycles. The summed E-state index contributed by atoms with van der Waals surface area (Å²) in [5.41, 5.74) is 28.5. The second kappa shape index (κ2) is 20.1. The van der Waals surface area contributed by atoms with E-state index in [-0.39, 0.29) is 17.3 Å². The van der Waals surface area contributed by atoms with Crippen molar-refractivity contribution < 1.29 is 8.83 Å². The Balaban J connectivity index is 1.06. The number of rotatable bonds is 9. The Morgan fingerprint density at radius 2 is 0.943 bits per heavy atom. The van der Waals surface area contributed by atoms with E-state index in [1.807, 2.05) is 0 Å². The standard InChI is InChI=1S/C84H70N2O2/c1-50(2)55-36-42-59(43-37-55)86(62-41-31-54(6)68(47-62)57-34-28-52(4)29-35-57)74-49-71-79(78-66-21-13-17-25-76(66)87-81(74)78)80-72(84(71)69-22-14-10-18-63(69)64-19-11-15-23-70(64)84)48-73(77-65-20-12-16-24-75(65)88-82(77)80)85(60-44-38-58(39-45-60)83(7,8)9)61-40-30-53(5)67(46-61)56-32-26-51(3)27-33-56/h10-50,63,69H,1-9H3. The van der Waals surface area contributed by atoms with Gasteiger partial charge in [0.2, 0.25) is 0 Å². The molecule has 0 saturated carbocycles. The van der Waals surface area contributed by atoms with Gasteiger partial charge in [0.15, 0.2) is 5.58 Å². The van der Waals surface area contributed by atoms with Gasteiger partial charge in [-0.3, -0.25) is 0 Å². The van der Waals surface area contributed by atoms with Crippen molar-refractivity contribution in [3.05, 3.63) is 298 Å². The summed E-state index contributed by atoms with van der Waals surface area (Å²) in [6, 6.07) is 82.3. The predicted octanol–water partition coefficient (Wildman–Crippen LogP) is 23.6. The summed E-state index contributed by atoms with van der Waals surface area (Å²) in [5, 5.41) is 4.28. The largest absolute Gasteiger partial charge is 0.455 e. The van der Waals surface area contributed by atoms with Crippen LogP contribution >= 0.6 is 0 Å². The molecule has 1 spiro atoms. The van der Waals surface area contributed by atoms with E-state index in [1.54, 1.807) is 0 Å². The zero-order valence-electron chi connectivity index (χ0n) is 51.5. The van der Waals surface area contributed by atoms with Gasteiger partial charge in [-0.05, 0) is 179 Å². The van der Waals surface area contributed by atoms with Crippen LogP contribution < -0.4 is 9.80 Å². The molecule has 2 aromatic heterocycles. The lowest BCUT2D eigenvalue weighted by atomic mass is 9.65. The van der Waals surface area contributed by atoms with Gasteiger partial charge in [0.1, 0.15) is 16.7 Å². The van der Waals surface area contributed by atoms with Crippen molar-refractivity contribution in [2.24, 2.45) is 5.92 Å². The first-order valence-corrected chi connectivity index (χ1v) is 31.3. The van der Waals surface area contributed by atoms with Crippen LogP contribution in [0.25, 0.3) is 77.3 Å². The topological polar surface area (TPSA) is 32.8 Å². The quantitative estimate of drug-likeness (QED) is 0.144. The molecule has 0 amide bonds. The minimum atomic E-state index is -0.730. The highest BCUT2D eigenvalue weighted by Gasteiger charge is 2.59. The number of anilines is 6. The van der Waals surface area contributed by atoms with Gasteiger partial charge in [-0.1, -0.05) is 216 Å². The van der Waals surface area contributed by atoms with Crippen molar-refractivity contribution >= 4 is 78.0 Å². The molecule has 0 saturated heterocycles. The van der Waals surface area contributed by atoms with E-state index in [0.717, 1.165) is 89.1 Å². The monoisotopic (exact) mass is 1140 g/mol. The molecule has 0 fully saturated rings. The van der Waals surface area contributed by atoms with Gasteiger partial charge in [-0.25, -0.2) is 0 Å². The van der Waals surface area contributed by atoms with Crippen molar-refractivity contribution in [3.8, 4) is 33.4 Å². The summed E-state index contributed by atoms with van der Waals surface area (Å²) >= 11 is 0. The zero-order valence-corrected chi connectivity index (χ0v) is 51.5. The van der Waals surface area contributed by atoms with Crippen LogP contribution in [0, 0.1) is 33.6 Å².